The van der Waals surface area contributed by atoms with Crippen molar-refractivity contribution in [3.05, 3.63) is 51.5 Å². The van der Waals surface area contributed by atoms with Gasteiger partial charge in [-0.2, -0.15) is 8.78 Å². The number of likely N-dealkylation sites (tertiary alicyclic amines) is 1. The lowest BCUT2D eigenvalue weighted by Crippen LogP contribution is -2.41. The van der Waals surface area contributed by atoms with Crippen LogP contribution in [0, 0.1) is 12.8 Å². The Morgan fingerprint density at radius 3 is 2.53 bits per heavy atom. The number of benzene rings is 1. The van der Waals surface area contributed by atoms with Crippen molar-refractivity contribution in [3.8, 4) is 17.0 Å². The summed E-state index contributed by atoms with van der Waals surface area (Å²) in [6.45, 7) is 0.110. The van der Waals surface area contributed by atoms with Gasteiger partial charge in [0, 0.05) is 29.4 Å². The highest BCUT2D eigenvalue weighted by molar-refractivity contribution is 7.16. The maximum Gasteiger partial charge on any atom is 0.387 e. The van der Waals surface area contributed by atoms with Gasteiger partial charge in [0.05, 0.1) is 10.6 Å². The number of alkyl halides is 2. The number of hydrogen-bond acceptors (Lipinski definition) is 6. The van der Waals surface area contributed by atoms with Gasteiger partial charge in [0.25, 0.3) is 5.91 Å². The van der Waals surface area contributed by atoms with Gasteiger partial charge in [0.2, 0.25) is 5.91 Å². The zero-order valence-corrected chi connectivity index (χ0v) is 18.8. The molecule has 4 rings (SSSR count). The second-order valence-corrected chi connectivity index (χ2v) is 9.51. The number of hydrogen-bond donors (Lipinski definition) is 1. The van der Waals surface area contributed by atoms with Gasteiger partial charge in [-0.3, -0.25) is 9.59 Å². The zero-order valence-electron chi connectivity index (χ0n) is 17.2. The van der Waals surface area contributed by atoms with E-state index in [0.717, 1.165) is 10.4 Å². The van der Waals surface area contributed by atoms with E-state index in [9.17, 15) is 18.4 Å². The highest BCUT2D eigenvalue weighted by Crippen LogP contribution is 2.32. The first-order valence-corrected chi connectivity index (χ1v) is 11.8. The number of rotatable bonds is 6. The predicted molar refractivity (Wildman–Crippen MR) is 120 cm³/mol. The number of thiazole rings is 1. The third-order valence-corrected chi connectivity index (χ3v) is 7.01. The summed E-state index contributed by atoms with van der Waals surface area (Å²) in [6, 6.07) is 9.91. The lowest BCUT2D eigenvalue weighted by atomic mass is 9.96. The van der Waals surface area contributed by atoms with E-state index in [2.05, 4.69) is 15.0 Å². The van der Waals surface area contributed by atoms with E-state index in [-0.39, 0.29) is 23.5 Å². The molecule has 3 aromatic rings. The molecule has 3 heterocycles. The molecule has 0 spiro atoms. The molecule has 32 heavy (non-hydrogen) atoms. The number of halogens is 2. The third-order valence-electron chi connectivity index (χ3n) is 5.26. The van der Waals surface area contributed by atoms with Gasteiger partial charge in [-0.25, -0.2) is 4.98 Å². The van der Waals surface area contributed by atoms with E-state index in [1.54, 1.807) is 17.0 Å². The van der Waals surface area contributed by atoms with Crippen molar-refractivity contribution in [1.29, 1.82) is 0 Å². The number of carbonyl (C=O) groups is 2. The van der Waals surface area contributed by atoms with E-state index >= 15 is 0 Å². The Morgan fingerprint density at radius 2 is 1.91 bits per heavy atom. The largest absolute Gasteiger partial charge is 0.435 e. The van der Waals surface area contributed by atoms with E-state index < -0.39 is 6.61 Å². The Bertz CT molecular complexity index is 1080. The molecule has 2 amide bonds. The molecule has 10 heteroatoms. The summed E-state index contributed by atoms with van der Waals surface area (Å²) in [5.74, 6) is -0.187. The minimum Gasteiger partial charge on any atom is -0.435 e. The summed E-state index contributed by atoms with van der Waals surface area (Å²) in [5.41, 5.74) is 1.44. The lowest BCUT2D eigenvalue weighted by Gasteiger charge is -2.30. The van der Waals surface area contributed by atoms with Crippen LogP contribution in [0.15, 0.2) is 41.8 Å². The number of thiophene rings is 1. The molecule has 0 bridgehead atoms. The fourth-order valence-electron chi connectivity index (χ4n) is 3.62. The number of nitrogens with one attached hydrogen (secondary N) is 1. The highest BCUT2D eigenvalue weighted by atomic mass is 32.1. The first-order valence-electron chi connectivity index (χ1n) is 10.1. The molecule has 0 aliphatic carbocycles. The Kier molecular flexibility index (Phi) is 6.80. The molecule has 6 nitrogen and oxygen atoms in total. The van der Waals surface area contributed by atoms with Gasteiger partial charge in [0.15, 0.2) is 5.13 Å². The van der Waals surface area contributed by atoms with E-state index in [0.29, 0.717) is 41.6 Å². The van der Waals surface area contributed by atoms with Crippen LogP contribution >= 0.6 is 22.7 Å². The molecule has 1 saturated heterocycles. The summed E-state index contributed by atoms with van der Waals surface area (Å²) < 4.78 is 29.0. The van der Waals surface area contributed by atoms with E-state index in [4.69, 9.17) is 0 Å². The molecule has 1 aliphatic heterocycles. The third kappa shape index (κ3) is 5.13. The number of ether oxygens (including phenoxy) is 1. The first-order chi connectivity index (χ1) is 15.4. The fourth-order valence-corrected chi connectivity index (χ4v) is 5.15. The fraction of sp³-hybridized carbons (Fsp3) is 0.318. The number of aryl methyl sites for hydroxylation is 1. The zero-order chi connectivity index (χ0) is 22.7. The van der Waals surface area contributed by atoms with Crippen LogP contribution in [0.1, 0.15) is 27.4 Å². The van der Waals surface area contributed by atoms with Crippen LogP contribution in [0.3, 0.4) is 0 Å². The van der Waals surface area contributed by atoms with Crippen molar-refractivity contribution < 1.29 is 23.1 Å². The number of carbonyl (C=O) groups excluding carboxylic acids is 2. The Balaban J connectivity index is 1.35. The van der Waals surface area contributed by atoms with E-state index in [1.807, 2.05) is 24.4 Å². The van der Waals surface area contributed by atoms with Crippen LogP contribution in [-0.2, 0) is 4.79 Å². The summed E-state index contributed by atoms with van der Waals surface area (Å²) in [6.07, 6.45) is 1.21. The lowest BCUT2D eigenvalue weighted by molar-refractivity contribution is -0.121. The molecule has 1 fully saturated rings. The SMILES string of the molecule is Cc1sc(NC(=O)C2CCN(C(=O)c3cccs3)CC2)nc1-c1ccc(OC(F)F)cc1. The molecule has 0 saturated carbocycles. The van der Waals surface area contributed by atoms with Crippen molar-refractivity contribution in [2.75, 3.05) is 18.4 Å². The van der Waals surface area contributed by atoms with Gasteiger partial charge >= 0.3 is 6.61 Å². The van der Waals surface area contributed by atoms with Gasteiger partial charge < -0.3 is 15.0 Å². The molecule has 168 valence electrons. The molecule has 0 radical (unpaired) electrons. The summed E-state index contributed by atoms with van der Waals surface area (Å²) in [4.78, 5) is 33.1. The summed E-state index contributed by atoms with van der Waals surface area (Å²) in [7, 11) is 0. The Labute approximate surface area is 191 Å². The van der Waals surface area contributed by atoms with Gasteiger partial charge in [-0.1, -0.05) is 6.07 Å². The molecular weight excluding hydrogens is 456 g/mol. The number of piperidine rings is 1. The van der Waals surface area contributed by atoms with Gasteiger partial charge in [-0.05, 0) is 55.5 Å². The smallest absolute Gasteiger partial charge is 0.387 e. The summed E-state index contributed by atoms with van der Waals surface area (Å²) >= 11 is 2.78. The van der Waals surface area contributed by atoms with Crippen LogP contribution in [0.2, 0.25) is 0 Å². The molecule has 1 aliphatic rings. The van der Waals surface area contributed by atoms with Crippen LogP contribution in [0.5, 0.6) is 5.75 Å². The number of aromatic nitrogens is 1. The summed E-state index contributed by atoms with van der Waals surface area (Å²) in [5, 5.41) is 5.27. The van der Waals surface area contributed by atoms with Crippen molar-refractivity contribution in [2.24, 2.45) is 5.92 Å². The first kappa shape index (κ1) is 22.3. The average Bonchev–Trinajstić information content (AvgIpc) is 3.43. The predicted octanol–water partition coefficient (Wildman–Crippen LogP) is 5.27. The van der Waals surface area contributed by atoms with Crippen LogP contribution < -0.4 is 10.1 Å². The maximum atomic E-state index is 12.7. The number of nitrogens with zero attached hydrogens (tertiary/aromatic N) is 2. The monoisotopic (exact) mass is 477 g/mol. The molecule has 1 N–H and O–H groups in total. The molecule has 0 unspecified atom stereocenters. The van der Waals surface area contributed by atoms with Gasteiger partial charge in [-0.15, -0.1) is 22.7 Å². The van der Waals surface area contributed by atoms with E-state index in [1.165, 1.54) is 34.8 Å². The topological polar surface area (TPSA) is 71.5 Å². The average molecular weight is 478 g/mol. The maximum absolute atomic E-state index is 12.7. The molecule has 2 aromatic heterocycles. The van der Waals surface area contributed by atoms with Crippen molar-refractivity contribution in [3.63, 3.8) is 0 Å². The van der Waals surface area contributed by atoms with Crippen molar-refractivity contribution in [1.82, 2.24) is 9.88 Å². The van der Waals surface area contributed by atoms with Crippen molar-refractivity contribution in [2.45, 2.75) is 26.4 Å². The molecule has 0 atom stereocenters. The van der Waals surface area contributed by atoms with Crippen LogP contribution in [-0.4, -0.2) is 41.4 Å². The molecule has 1 aromatic carbocycles. The van der Waals surface area contributed by atoms with Crippen molar-refractivity contribution >= 4 is 39.6 Å². The minimum absolute atomic E-state index is 0.0176. The Morgan fingerprint density at radius 1 is 1.19 bits per heavy atom. The van der Waals surface area contributed by atoms with Crippen LogP contribution in [0.4, 0.5) is 13.9 Å². The number of anilines is 1. The van der Waals surface area contributed by atoms with Gasteiger partial charge in [0.1, 0.15) is 5.75 Å². The standard InChI is InChI=1S/C22H21F2N3O3S2/c1-13-18(14-4-6-16(7-5-14)30-21(23)24)25-22(32-13)26-19(28)15-8-10-27(11-9-15)20(29)17-3-2-12-31-17/h2-7,12,15,21H,8-11H2,1H3,(H,25,26,28). The second kappa shape index (κ2) is 9.74. The highest BCUT2D eigenvalue weighted by Gasteiger charge is 2.28. The quantitative estimate of drug-likeness (QED) is 0.525. The second-order valence-electron chi connectivity index (χ2n) is 7.36. The normalized spacial score (nSPS) is 14.6. The molecular formula is C22H21F2N3O3S2. The van der Waals surface area contributed by atoms with Crippen LogP contribution in [0.25, 0.3) is 11.3 Å². The minimum atomic E-state index is -2.87. The number of amides is 2. The Hall–Kier alpha value is -2.85.